The first-order chi connectivity index (χ1) is 9.13. The first-order valence-electron chi connectivity index (χ1n) is 6.64. The van der Waals surface area contributed by atoms with E-state index in [4.69, 9.17) is 15.9 Å². The Morgan fingerprint density at radius 1 is 1.42 bits per heavy atom. The second kappa shape index (κ2) is 5.93. The van der Waals surface area contributed by atoms with Crippen molar-refractivity contribution in [3.63, 3.8) is 0 Å². The van der Waals surface area contributed by atoms with E-state index >= 15 is 0 Å². The Morgan fingerprint density at radius 2 is 2.16 bits per heavy atom. The molecule has 0 amide bonds. The molecule has 1 saturated carbocycles. The Morgan fingerprint density at radius 3 is 2.63 bits per heavy atom. The fourth-order valence-corrected chi connectivity index (χ4v) is 2.39. The van der Waals surface area contributed by atoms with Crippen LogP contribution < -0.4 is 10.6 Å². The van der Waals surface area contributed by atoms with Crippen LogP contribution in [0.3, 0.4) is 0 Å². The first kappa shape index (κ1) is 13.7. The van der Waals surface area contributed by atoms with E-state index in [9.17, 15) is 4.79 Å². The third-order valence-corrected chi connectivity index (χ3v) is 3.67. The molecule has 5 nitrogen and oxygen atoms in total. The molecule has 0 atom stereocenters. The minimum absolute atomic E-state index is 0.138. The fraction of sp³-hybridized carbons (Fsp3) is 0.500. The second-order valence-corrected chi connectivity index (χ2v) is 4.93. The monoisotopic (exact) mass is 264 g/mol. The van der Waals surface area contributed by atoms with Crippen LogP contribution >= 0.6 is 0 Å². The number of nitrogen functional groups attached to an aromatic ring is 1. The van der Waals surface area contributed by atoms with E-state index < -0.39 is 5.97 Å². The molecular weight excluding hydrogens is 244 g/mol. The molecule has 19 heavy (non-hydrogen) atoms. The maximum Gasteiger partial charge on any atom is 0.337 e. The minimum Gasteiger partial charge on any atom is -0.478 e. The molecular formula is C14H20N2O3. The molecule has 4 N–H and O–H groups in total. The normalized spacial score (nSPS) is 15.0. The van der Waals surface area contributed by atoms with Gasteiger partial charge in [-0.3, -0.25) is 0 Å². The van der Waals surface area contributed by atoms with Gasteiger partial charge in [-0.2, -0.15) is 0 Å². The highest BCUT2D eigenvalue weighted by Crippen LogP contribution is 2.31. The lowest BCUT2D eigenvalue weighted by Crippen LogP contribution is -2.41. The maximum absolute atomic E-state index is 10.9. The zero-order valence-corrected chi connectivity index (χ0v) is 10.9. The first-order valence-corrected chi connectivity index (χ1v) is 6.64. The predicted octanol–water partition coefficient (Wildman–Crippen LogP) is 1.71. The lowest BCUT2D eigenvalue weighted by molar-refractivity contribution is 0.0698. The number of benzene rings is 1. The smallest absolute Gasteiger partial charge is 0.337 e. The molecule has 1 fully saturated rings. The van der Waals surface area contributed by atoms with E-state index in [-0.39, 0.29) is 12.2 Å². The van der Waals surface area contributed by atoms with Crippen LogP contribution in [0.5, 0.6) is 0 Å². The van der Waals surface area contributed by atoms with Gasteiger partial charge in [0.25, 0.3) is 0 Å². The molecule has 0 saturated heterocycles. The van der Waals surface area contributed by atoms with Crippen LogP contribution in [-0.2, 0) is 0 Å². The summed E-state index contributed by atoms with van der Waals surface area (Å²) in [5.74, 6) is -1.00. The van der Waals surface area contributed by atoms with Crippen LogP contribution in [0.2, 0.25) is 0 Å². The Hall–Kier alpha value is -1.75. The SMILES string of the molecule is Nc1cc(N(CCCO)C2CCC2)ccc1C(=O)O. The summed E-state index contributed by atoms with van der Waals surface area (Å²) >= 11 is 0. The summed E-state index contributed by atoms with van der Waals surface area (Å²) in [6.07, 6.45) is 4.22. The van der Waals surface area contributed by atoms with E-state index in [2.05, 4.69) is 4.90 Å². The molecule has 0 bridgehead atoms. The number of rotatable bonds is 6. The van der Waals surface area contributed by atoms with Crippen molar-refractivity contribution in [2.24, 2.45) is 0 Å². The predicted molar refractivity (Wildman–Crippen MR) is 74.5 cm³/mol. The molecule has 1 aromatic carbocycles. The summed E-state index contributed by atoms with van der Waals surface area (Å²) < 4.78 is 0. The van der Waals surface area contributed by atoms with Crippen molar-refractivity contribution in [2.45, 2.75) is 31.7 Å². The van der Waals surface area contributed by atoms with Crippen molar-refractivity contribution in [1.82, 2.24) is 0 Å². The number of nitrogens with zero attached hydrogens (tertiary/aromatic N) is 1. The summed E-state index contributed by atoms with van der Waals surface area (Å²) in [5, 5.41) is 18.0. The largest absolute Gasteiger partial charge is 0.478 e. The van der Waals surface area contributed by atoms with Crippen molar-refractivity contribution in [3.8, 4) is 0 Å². The number of hydrogen-bond acceptors (Lipinski definition) is 4. The van der Waals surface area contributed by atoms with Crippen LogP contribution in [0.15, 0.2) is 18.2 Å². The number of hydrogen-bond donors (Lipinski definition) is 3. The van der Waals surface area contributed by atoms with Gasteiger partial charge in [-0.1, -0.05) is 0 Å². The number of nitrogens with two attached hydrogens (primary N) is 1. The van der Waals surface area contributed by atoms with Crippen molar-refractivity contribution < 1.29 is 15.0 Å². The second-order valence-electron chi connectivity index (χ2n) is 4.93. The van der Waals surface area contributed by atoms with Gasteiger partial charge in [0, 0.05) is 30.6 Å². The zero-order valence-electron chi connectivity index (χ0n) is 10.9. The molecule has 1 aromatic rings. The van der Waals surface area contributed by atoms with Crippen molar-refractivity contribution in [2.75, 3.05) is 23.8 Å². The van der Waals surface area contributed by atoms with Crippen LogP contribution in [0.1, 0.15) is 36.0 Å². The summed E-state index contributed by atoms with van der Waals surface area (Å²) in [7, 11) is 0. The molecule has 1 aliphatic carbocycles. The molecule has 2 rings (SSSR count). The standard InChI is InChI=1S/C14H20N2O3/c15-13-9-11(5-6-12(13)14(18)19)16(7-2-8-17)10-3-1-4-10/h5-6,9-10,17H,1-4,7-8,15H2,(H,18,19). The van der Waals surface area contributed by atoms with E-state index in [1.54, 1.807) is 18.2 Å². The van der Waals surface area contributed by atoms with Crippen LogP contribution in [0, 0.1) is 0 Å². The van der Waals surface area contributed by atoms with E-state index in [0.29, 0.717) is 18.2 Å². The van der Waals surface area contributed by atoms with Gasteiger partial charge < -0.3 is 20.8 Å². The van der Waals surface area contributed by atoms with Gasteiger partial charge in [0.1, 0.15) is 0 Å². The van der Waals surface area contributed by atoms with Crippen LogP contribution in [-0.4, -0.2) is 35.4 Å². The Bertz CT molecular complexity index is 458. The number of carboxylic acid groups (broad SMARTS) is 1. The highest BCUT2D eigenvalue weighted by molar-refractivity contribution is 5.94. The third kappa shape index (κ3) is 2.98. The minimum atomic E-state index is -1.00. The van der Waals surface area contributed by atoms with Crippen molar-refractivity contribution in [3.05, 3.63) is 23.8 Å². The lowest BCUT2D eigenvalue weighted by atomic mass is 9.90. The van der Waals surface area contributed by atoms with Gasteiger partial charge in [0.2, 0.25) is 0 Å². The van der Waals surface area contributed by atoms with Gasteiger partial charge in [-0.25, -0.2) is 4.79 Å². The van der Waals surface area contributed by atoms with E-state index in [1.807, 2.05) is 0 Å². The molecule has 0 radical (unpaired) electrons. The molecule has 0 spiro atoms. The fourth-order valence-electron chi connectivity index (χ4n) is 2.39. The highest BCUT2D eigenvalue weighted by Gasteiger charge is 2.25. The quantitative estimate of drug-likeness (QED) is 0.681. The number of aliphatic hydroxyl groups excluding tert-OH is 1. The zero-order chi connectivity index (χ0) is 13.8. The number of aliphatic hydroxyl groups is 1. The molecule has 0 heterocycles. The summed E-state index contributed by atoms with van der Waals surface area (Å²) in [5.41, 5.74) is 7.17. The van der Waals surface area contributed by atoms with E-state index in [1.165, 1.54) is 6.42 Å². The Labute approximate surface area is 112 Å². The van der Waals surface area contributed by atoms with Gasteiger partial charge in [0.15, 0.2) is 0 Å². The van der Waals surface area contributed by atoms with Gasteiger partial charge >= 0.3 is 5.97 Å². The number of aromatic carboxylic acids is 1. The highest BCUT2D eigenvalue weighted by atomic mass is 16.4. The number of carboxylic acids is 1. The molecule has 0 aromatic heterocycles. The van der Waals surface area contributed by atoms with Crippen molar-refractivity contribution >= 4 is 17.3 Å². The van der Waals surface area contributed by atoms with E-state index in [0.717, 1.165) is 25.1 Å². The lowest BCUT2D eigenvalue weighted by Gasteiger charge is -2.39. The molecule has 5 heteroatoms. The average Bonchev–Trinajstić information content (AvgIpc) is 2.31. The molecule has 1 aliphatic rings. The number of carbonyl (C=O) groups is 1. The molecule has 0 aliphatic heterocycles. The summed E-state index contributed by atoms with van der Waals surface area (Å²) in [4.78, 5) is 13.2. The van der Waals surface area contributed by atoms with Crippen LogP contribution in [0.4, 0.5) is 11.4 Å². The Kier molecular flexibility index (Phi) is 4.27. The van der Waals surface area contributed by atoms with Gasteiger partial charge in [-0.05, 0) is 43.9 Å². The van der Waals surface area contributed by atoms with Gasteiger partial charge in [-0.15, -0.1) is 0 Å². The van der Waals surface area contributed by atoms with Crippen molar-refractivity contribution in [1.29, 1.82) is 0 Å². The summed E-state index contributed by atoms with van der Waals surface area (Å²) in [6.45, 7) is 0.930. The number of anilines is 2. The summed E-state index contributed by atoms with van der Waals surface area (Å²) in [6, 6.07) is 5.56. The molecule has 0 unspecified atom stereocenters. The van der Waals surface area contributed by atoms with Gasteiger partial charge in [0.05, 0.1) is 5.56 Å². The van der Waals surface area contributed by atoms with Crippen LogP contribution in [0.25, 0.3) is 0 Å². The molecule has 104 valence electrons. The average molecular weight is 264 g/mol. The Balaban J connectivity index is 2.20. The third-order valence-electron chi connectivity index (χ3n) is 3.67. The maximum atomic E-state index is 10.9. The topological polar surface area (TPSA) is 86.8 Å².